The van der Waals surface area contributed by atoms with Crippen LogP contribution in [0.3, 0.4) is 0 Å². The van der Waals surface area contributed by atoms with E-state index in [4.69, 9.17) is 10.5 Å². The Kier molecular flexibility index (Phi) is 3.12. The molecule has 2 rings (SSSR count). The van der Waals surface area contributed by atoms with E-state index in [1.165, 1.54) is 0 Å². The molecule has 0 fully saturated rings. The van der Waals surface area contributed by atoms with Crippen LogP contribution in [-0.4, -0.2) is 17.1 Å². The summed E-state index contributed by atoms with van der Waals surface area (Å²) < 4.78 is 5.08. The van der Waals surface area contributed by atoms with Gasteiger partial charge in [0.2, 0.25) is 0 Å². The maximum absolute atomic E-state index is 6.04. The Morgan fingerprint density at radius 1 is 1.12 bits per heavy atom. The normalized spacial score (nSPS) is 12.1. The maximum atomic E-state index is 6.04. The van der Waals surface area contributed by atoms with Crippen molar-refractivity contribution in [1.82, 2.24) is 9.97 Å². The average Bonchev–Trinajstić information content (AvgIpc) is 2.39. The number of hydrogen-bond donors (Lipinski definition) is 1. The summed E-state index contributed by atoms with van der Waals surface area (Å²) in [5.41, 5.74) is 7.01. The van der Waals surface area contributed by atoms with Crippen molar-refractivity contribution in [2.24, 2.45) is 5.73 Å². The van der Waals surface area contributed by atoms with E-state index in [1.807, 2.05) is 24.3 Å². The number of ether oxygens (including phenoxy) is 1. The van der Waals surface area contributed by atoms with Gasteiger partial charge in [-0.3, -0.25) is 0 Å². The molecule has 82 valence electrons. The largest absolute Gasteiger partial charge is 0.497 e. The van der Waals surface area contributed by atoms with Gasteiger partial charge in [0.25, 0.3) is 0 Å². The Bertz CT molecular complexity index is 442. The molecule has 16 heavy (non-hydrogen) atoms. The molecule has 4 heteroatoms. The first-order chi connectivity index (χ1) is 7.81. The molecule has 0 unspecified atom stereocenters. The highest BCUT2D eigenvalue weighted by Crippen LogP contribution is 2.18. The van der Waals surface area contributed by atoms with Gasteiger partial charge in [-0.15, -0.1) is 0 Å². The highest BCUT2D eigenvalue weighted by Gasteiger charge is 2.10. The van der Waals surface area contributed by atoms with Crippen molar-refractivity contribution >= 4 is 0 Å². The maximum Gasteiger partial charge on any atom is 0.149 e. The van der Waals surface area contributed by atoms with Crippen molar-refractivity contribution in [2.75, 3.05) is 7.11 Å². The van der Waals surface area contributed by atoms with Gasteiger partial charge in [-0.2, -0.15) is 0 Å². The van der Waals surface area contributed by atoms with Crippen molar-refractivity contribution in [2.45, 2.75) is 6.04 Å². The lowest BCUT2D eigenvalue weighted by Crippen LogP contribution is -2.14. The zero-order valence-corrected chi connectivity index (χ0v) is 9.00. The molecule has 0 amide bonds. The highest BCUT2D eigenvalue weighted by molar-refractivity contribution is 5.31. The summed E-state index contributed by atoms with van der Waals surface area (Å²) in [7, 11) is 1.63. The van der Waals surface area contributed by atoms with Crippen LogP contribution in [0.15, 0.2) is 42.7 Å². The van der Waals surface area contributed by atoms with E-state index in [9.17, 15) is 0 Å². The van der Waals surface area contributed by atoms with Crippen LogP contribution in [0.2, 0.25) is 0 Å². The summed E-state index contributed by atoms with van der Waals surface area (Å²) >= 11 is 0. The quantitative estimate of drug-likeness (QED) is 0.843. The van der Waals surface area contributed by atoms with E-state index < -0.39 is 0 Å². The Labute approximate surface area is 94.1 Å². The van der Waals surface area contributed by atoms with Gasteiger partial charge in [0, 0.05) is 12.4 Å². The van der Waals surface area contributed by atoms with Crippen molar-refractivity contribution in [3.05, 3.63) is 54.1 Å². The molecule has 0 spiro atoms. The van der Waals surface area contributed by atoms with Gasteiger partial charge in [-0.1, -0.05) is 12.1 Å². The fourth-order valence-electron chi connectivity index (χ4n) is 1.43. The third kappa shape index (κ3) is 2.17. The van der Waals surface area contributed by atoms with Crippen molar-refractivity contribution in [3.63, 3.8) is 0 Å². The number of hydrogen-bond acceptors (Lipinski definition) is 4. The number of methoxy groups -OCH3 is 1. The summed E-state index contributed by atoms with van der Waals surface area (Å²) in [5, 5.41) is 0. The molecule has 1 aromatic carbocycles. The van der Waals surface area contributed by atoms with Crippen LogP contribution in [0.4, 0.5) is 0 Å². The average molecular weight is 215 g/mol. The second-order valence-electron chi connectivity index (χ2n) is 3.36. The Morgan fingerprint density at radius 2 is 1.75 bits per heavy atom. The molecule has 2 N–H and O–H groups in total. The van der Waals surface area contributed by atoms with Crippen LogP contribution in [0.25, 0.3) is 0 Å². The lowest BCUT2D eigenvalue weighted by atomic mass is 10.1. The molecule has 0 aliphatic heterocycles. The fourth-order valence-corrected chi connectivity index (χ4v) is 1.43. The van der Waals surface area contributed by atoms with Gasteiger partial charge < -0.3 is 10.5 Å². The Morgan fingerprint density at radius 3 is 2.31 bits per heavy atom. The topological polar surface area (TPSA) is 61.0 Å². The van der Waals surface area contributed by atoms with Crippen molar-refractivity contribution in [3.8, 4) is 5.75 Å². The summed E-state index contributed by atoms with van der Waals surface area (Å²) in [6, 6.07) is 9.05. The summed E-state index contributed by atoms with van der Waals surface area (Å²) in [4.78, 5) is 8.26. The monoisotopic (exact) mass is 215 g/mol. The molecule has 0 radical (unpaired) electrons. The number of nitrogens with zero attached hydrogens (tertiary/aromatic N) is 2. The van der Waals surface area contributed by atoms with Crippen LogP contribution in [-0.2, 0) is 0 Å². The Hall–Kier alpha value is -1.94. The molecule has 1 heterocycles. The van der Waals surface area contributed by atoms with Crippen LogP contribution < -0.4 is 10.5 Å². The van der Waals surface area contributed by atoms with Gasteiger partial charge in [0.1, 0.15) is 11.6 Å². The molecule has 1 atom stereocenters. The standard InChI is InChI=1S/C12H13N3O/c1-16-10-5-3-9(4-6-10)11(13)12-14-7-2-8-15-12/h2-8,11H,13H2,1H3/t11-/m1/s1. The molecule has 1 aromatic heterocycles. The summed E-state index contributed by atoms with van der Waals surface area (Å²) in [6.07, 6.45) is 3.37. The minimum absolute atomic E-state index is 0.299. The zero-order chi connectivity index (χ0) is 11.4. The summed E-state index contributed by atoms with van der Waals surface area (Å²) in [6.45, 7) is 0. The first kappa shape index (κ1) is 10.6. The van der Waals surface area contributed by atoms with Crippen molar-refractivity contribution < 1.29 is 4.74 Å². The molecular weight excluding hydrogens is 202 g/mol. The van der Waals surface area contributed by atoms with Crippen LogP contribution in [0.1, 0.15) is 17.4 Å². The van der Waals surface area contributed by atoms with Crippen LogP contribution in [0, 0.1) is 0 Å². The third-order valence-corrected chi connectivity index (χ3v) is 2.34. The molecule has 0 bridgehead atoms. The fraction of sp³-hybridized carbons (Fsp3) is 0.167. The Balaban J connectivity index is 2.24. The number of aromatic nitrogens is 2. The van der Waals surface area contributed by atoms with E-state index >= 15 is 0 Å². The number of benzene rings is 1. The lowest BCUT2D eigenvalue weighted by molar-refractivity contribution is 0.414. The molecular formula is C12H13N3O. The predicted octanol–water partition coefficient (Wildman–Crippen LogP) is 1.53. The highest BCUT2D eigenvalue weighted by atomic mass is 16.5. The SMILES string of the molecule is COc1ccc([C@@H](N)c2ncccn2)cc1. The minimum atomic E-state index is -0.299. The van der Waals surface area contributed by atoms with E-state index in [0.29, 0.717) is 5.82 Å². The minimum Gasteiger partial charge on any atom is -0.497 e. The van der Waals surface area contributed by atoms with Gasteiger partial charge in [-0.25, -0.2) is 9.97 Å². The zero-order valence-electron chi connectivity index (χ0n) is 9.00. The second kappa shape index (κ2) is 4.72. The lowest BCUT2D eigenvalue weighted by Gasteiger charge is -2.10. The molecule has 0 aliphatic carbocycles. The van der Waals surface area contributed by atoms with Crippen molar-refractivity contribution in [1.29, 1.82) is 0 Å². The van der Waals surface area contributed by atoms with E-state index in [1.54, 1.807) is 25.6 Å². The molecule has 2 aromatic rings. The predicted molar refractivity (Wildman–Crippen MR) is 61.1 cm³/mol. The van der Waals surface area contributed by atoms with Gasteiger partial charge in [0.15, 0.2) is 0 Å². The molecule has 0 aliphatic rings. The number of rotatable bonds is 3. The second-order valence-corrected chi connectivity index (χ2v) is 3.36. The van der Waals surface area contributed by atoms with E-state index in [0.717, 1.165) is 11.3 Å². The van der Waals surface area contributed by atoms with Gasteiger partial charge in [0.05, 0.1) is 13.2 Å². The molecule has 0 saturated heterocycles. The molecule has 0 saturated carbocycles. The molecule has 4 nitrogen and oxygen atoms in total. The first-order valence-corrected chi connectivity index (χ1v) is 4.97. The van der Waals surface area contributed by atoms with Gasteiger partial charge in [-0.05, 0) is 23.8 Å². The smallest absolute Gasteiger partial charge is 0.149 e. The third-order valence-electron chi connectivity index (χ3n) is 2.34. The van der Waals surface area contributed by atoms with E-state index in [2.05, 4.69) is 9.97 Å². The van der Waals surface area contributed by atoms with Crippen LogP contribution in [0.5, 0.6) is 5.75 Å². The van der Waals surface area contributed by atoms with Crippen LogP contribution >= 0.6 is 0 Å². The van der Waals surface area contributed by atoms with E-state index in [-0.39, 0.29) is 6.04 Å². The first-order valence-electron chi connectivity index (χ1n) is 4.97. The summed E-state index contributed by atoms with van der Waals surface area (Å²) in [5.74, 6) is 1.43. The van der Waals surface area contributed by atoms with Gasteiger partial charge >= 0.3 is 0 Å². The number of nitrogens with two attached hydrogens (primary N) is 1.